The van der Waals surface area contributed by atoms with Gasteiger partial charge in [0.25, 0.3) is 0 Å². The predicted molar refractivity (Wildman–Crippen MR) is 58.4 cm³/mol. The highest BCUT2D eigenvalue weighted by molar-refractivity contribution is 5.66. The van der Waals surface area contributed by atoms with Crippen molar-refractivity contribution in [3.63, 3.8) is 0 Å². The van der Waals surface area contributed by atoms with Crippen molar-refractivity contribution in [2.45, 2.75) is 26.7 Å². The van der Waals surface area contributed by atoms with E-state index in [0.29, 0.717) is 5.92 Å². The van der Waals surface area contributed by atoms with Crippen molar-refractivity contribution in [3.05, 3.63) is 29.7 Å². The molecule has 0 saturated heterocycles. The zero-order valence-corrected chi connectivity index (χ0v) is 8.78. The molecule has 2 aromatic heterocycles. The van der Waals surface area contributed by atoms with Gasteiger partial charge in [0.05, 0.1) is 11.4 Å². The number of pyridine rings is 1. The zero-order chi connectivity index (χ0) is 10.3. The van der Waals surface area contributed by atoms with Gasteiger partial charge in [0.1, 0.15) is 0 Å². The Morgan fingerprint density at radius 2 is 2.07 bits per heavy atom. The van der Waals surface area contributed by atoms with Crippen molar-refractivity contribution in [2.75, 3.05) is 5.73 Å². The Kier molecular flexibility index (Phi) is 1.95. The Labute approximate surface area is 83.6 Å². The van der Waals surface area contributed by atoms with E-state index in [9.17, 15) is 0 Å². The molecule has 0 aliphatic rings. The molecule has 74 valence electrons. The topological polar surface area (TPSA) is 43.3 Å². The van der Waals surface area contributed by atoms with E-state index in [-0.39, 0.29) is 0 Å². The van der Waals surface area contributed by atoms with Crippen LogP contribution >= 0.6 is 0 Å². The number of fused-ring (bicyclic) bond motifs is 1. The summed E-state index contributed by atoms with van der Waals surface area (Å²) in [6.07, 6.45) is 4.09. The summed E-state index contributed by atoms with van der Waals surface area (Å²) in [4.78, 5) is 4.35. The number of hydrogen-bond donors (Lipinski definition) is 1. The lowest BCUT2D eigenvalue weighted by molar-refractivity contribution is 0.854. The van der Waals surface area contributed by atoms with Gasteiger partial charge in [-0.15, -0.1) is 0 Å². The van der Waals surface area contributed by atoms with E-state index in [0.717, 1.165) is 17.0 Å². The van der Waals surface area contributed by atoms with Crippen molar-refractivity contribution < 1.29 is 0 Å². The molecule has 0 unspecified atom stereocenters. The lowest BCUT2D eigenvalue weighted by Crippen LogP contribution is -1.97. The Bertz CT molecular complexity index is 469. The molecule has 0 radical (unpaired) electrons. The molecule has 2 rings (SSSR count). The summed E-state index contributed by atoms with van der Waals surface area (Å²) in [5.74, 6) is 0.490. The molecule has 2 aromatic rings. The maximum Gasteiger partial charge on any atom is 0.160 e. The molecule has 14 heavy (non-hydrogen) atoms. The van der Waals surface area contributed by atoms with Gasteiger partial charge in [0.2, 0.25) is 0 Å². The molecule has 3 nitrogen and oxygen atoms in total. The third kappa shape index (κ3) is 1.35. The SMILES string of the molecule is Cc1cn2cc(C(C)C)cc(N)c2n1. The average Bonchev–Trinajstić information content (AvgIpc) is 2.45. The number of anilines is 1. The van der Waals surface area contributed by atoms with Crippen LogP contribution in [-0.4, -0.2) is 9.38 Å². The van der Waals surface area contributed by atoms with Crippen LogP contribution in [0, 0.1) is 6.92 Å². The van der Waals surface area contributed by atoms with Gasteiger partial charge in [0.15, 0.2) is 5.65 Å². The number of hydrogen-bond acceptors (Lipinski definition) is 2. The number of nitrogens with two attached hydrogens (primary N) is 1. The zero-order valence-electron chi connectivity index (χ0n) is 8.78. The van der Waals surface area contributed by atoms with Gasteiger partial charge >= 0.3 is 0 Å². The molecule has 0 spiro atoms. The summed E-state index contributed by atoms with van der Waals surface area (Å²) in [6, 6.07) is 2.01. The van der Waals surface area contributed by atoms with E-state index in [4.69, 9.17) is 5.73 Å². The molecule has 2 N–H and O–H groups in total. The molecular weight excluding hydrogens is 174 g/mol. The maximum atomic E-state index is 5.92. The molecule has 0 amide bonds. The van der Waals surface area contributed by atoms with Gasteiger partial charge in [-0.3, -0.25) is 0 Å². The normalized spacial score (nSPS) is 11.4. The first-order valence-electron chi connectivity index (χ1n) is 4.82. The molecular formula is C11H15N3. The molecule has 3 heteroatoms. The highest BCUT2D eigenvalue weighted by atomic mass is 15.0. The van der Waals surface area contributed by atoms with Crippen LogP contribution in [-0.2, 0) is 0 Å². The summed E-state index contributed by atoms with van der Waals surface area (Å²) in [5.41, 5.74) is 9.77. The van der Waals surface area contributed by atoms with Crippen LogP contribution in [0.1, 0.15) is 31.0 Å². The second kappa shape index (κ2) is 3.01. The van der Waals surface area contributed by atoms with E-state index in [1.54, 1.807) is 0 Å². The number of nitrogens with zero attached hydrogens (tertiary/aromatic N) is 2. The van der Waals surface area contributed by atoms with Crippen LogP contribution in [0.5, 0.6) is 0 Å². The van der Waals surface area contributed by atoms with Crippen molar-refractivity contribution in [3.8, 4) is 0 Å². The van der Waals surface area contributed by atoms with Crippen LogP contribution in [0.4, 0.5) is 5.69 Å². The van der Waals surface area contributed by atoms with Crippen molar-refractivity contribution in [1.82, 2.24) is 9.38 Å². The Morgan fingerprint density at radius 1 is 1.36 bits per heavy atom. The Hall–Kier alpha value is -1.51. The second-order valence-electron chi connectivity index (χ2n) is 4.00. The first-order valence-corrected chi connectivity index (χ1v) is 4.82. The smallest absolute Gasteiger partial charge is 0.160 e. The number of imidazole rings is 1. The number of aromatic nitrogens is 2. The standard InChI is InChI=1S/C11H15N3/c1-7(2)9-4-10(12)11-13-8(3)5-14(11)6-9/h4-7H,12H2,1-3H3. The molecule has 0 atom stereocenters. The highest BCUT2D eigenvalue weighted by Gasteiger charge is 2.06. The van der Waals surface area contributed by atoms with Gasteiger partial charge in [-0.05, 0) is 24.5 Å². The van der Waals surface area contributed by atoms with E-state index in [1.165, 1.54) is 5.56 Å². The lowest BCUT2D eigenvalue weighted by Gasteiger charge is -2.07. The summed E-state index contributed by atoms with van der Waals surface area (Å²) < 4.78 is 2.00. The Balaban J connectivity index is 2.71. The predicted octanol–water partition coefficient (Wildman–Crippen LogP) is 2.35. The fourth-order valence-corrected chi connectivity index (χ4v) is 1.59. The molecule has 0 saturated carbocycles. The van der Waals surface area contributed by atoms with Crippen molar-refractivity contribution >= 4 is 11.3 Å². The lowest BCUT2D eigenvalue weighted by atomic mass is 10.1. The van der Waals surface area contributed by atoms with Gasteiger partial charge in [-0.25, -0.2) is 4.98 Å². The first-order chi connectivity index (χ1) is 6.58. The van der Waals surface area contributed by atoms with Gasteiger partial charge < -0.3 is 10.1 Å². The average molecular weight is 189 g/mol. The van der Waals surface area contributed by atoms with Gasteiger partial charge in [-0.2, -0.15) is 0 Å². The largest absolute Gasteiger partial charge is 0.396 e. The van der Waals surface area contributed by atoms with Crippen molar-refractivity contribution in [2.24, 2.45) is 0 Å². The number of nitrogen functional groups attached to an aromatic ring is 1. The molecule has 0 aromatic carbocycles. The summed E-state index contributed by atoms with van der Waals surface area (Å²) in [6.45, 7) is 6.29. The Morgan fingerprint density at radius 3 is 2.71 bits per heavy atom. The van der Waals surface area contributed by atoms with E-state index in [1.807, 2.05) is 23.6 Å². The molecule has 0 aliphatic heterocycles. The molecule has 0 bridgehead atoms. The third-order valence-electron chi connectivity index (χ3n) is 2.39. The number of rotatable bonds is 1. The quantitative estimate of drug-likeness (QED) is 0.748. The monoisotopic (exact) mass is 189 g/mol. The van der Waals surface area contributed by atoms with E-state index >= 15 is 0 Å². The summed E-state index contributed by atoms with van der Waals surface area (Å²) in [5, 5.41) is 0. The molecule has 0 aliphatic carbocycles. The highest BCUT2D eigenvalue weighted by Crippen LogP contribution is 2.21. The molecule has 2 heterocycles. The third-order valence-corrected chi connectivity index (χ3v) is 2.39. The van der Waals surface area contributed by atoms with Crippen LogP contribution in [0.3, 0.4) is 0 Å². The van der Waals surface area contributed by atoms with Gasteiger partial charge in [-0.1, -0.05) is 13.8 Å². The van der Waals surface area contributed by atoms with Crippen LogP contribution in [0.25, 0.3) is 5.65 Å². The fraction of sp³-hybridized carbons (Fsp3) is 0.364. The second-order valence-corrected chi connectivity index (χ2v) is 4.00. The summed E-state index contributed by atoms with van der Waals surface area (Å²) in [7, 11) is 0. The van der Waals surface area contributed by atoms with Crippen LogP contribution in [0.2, 0.25) is 0 Å². The molecule has 0 fully saturated rings. The van der Waals surface area contributed by atoms with E-state index in [2.05, 4.69) is 25.0 Å². The maximum absolute atomic E-state index is 5.92. The first kappa shape index (κ1) is 9.06. The number of aryl methyl sites for hydroxylation is 1. The minimum atomic E-state index is 0.490. The fourth-order valence-electron chi connectivity index (χ4n) is 1.59. The van der Waals surface area contributed by atoms with Crippen molar-refractivity contribution in [1.29, 1.82) is 0 Å². The minimum absolute atomic E-state index is 0.490. The minimum Gasteiger partial charge on any atom is -0.396 e. The van der Waals surface area contributed by atoms with Crippen LogP contribution in [0.15, 0.2) is 18.5 Å². The van der Waals surface area contributed by atoms with E-state index < -0.39 is 0 Å². The van der Waals surface area contributed by atoms with Gasteiger partial charge in [0, 0.05) is 12.4 Å². The van der Waals surface area contributed by atoms with Crippen LogP contribution < -0.4 is 5.73 Å². The summed E-state index contributed by atoms with van der Waals surface area (Å²) >= 11 is 0.